The highest BCUT2D eigenvalue weighted by atomic mass is 16.7. The van der Waals surface area contributed by atoms with Crippen LogP contribution in [0.25, 0.3) is 0 Å². The van der Waals surface area contributed by atoms with E-state index < -0.39 is 0 Å². The molecule has 0 aliphatic carbocycles. The van der Waals surface area contributed by atoms with Gasteiger partial charge in [0.2, 0.25) is 0 Å². The predicted molar refractivity (Wildman–Crippen MR) is 66.3 cm³/mol. The van der Waals surface area contributed by atoms with Crippen molar-refractivity contribution in [2.75, 3.05) is 13.7 Å². The minimum atomic E-state index is -0.0998. The Kier molecular flexibility index (Phi) is 4.63. The third-order valence-corrected chi connectivity index (χ3v) is 3.27. The van der Waals surface area contributed by atoms with Gasteiger partial charge in [-0.3, -0.25) is 0 Å². The smallest absolute Gasteiger partial charge is 0.198 e. The topological polar surface area (TPSA) is 52.9 Å². The number of aliphatic hydroxyl groups excluding tert-OH is 1. The largest absolute Gasteiger partial charge is 0.482 e. The van der Waals surface area contributed by atoms with Crippen molar-refractivity contribution in [2.24, 2.45) is 7.05 Å². The Morgan fingerprint density at radius 3 is 2.89 bits per heavy atom. The predicted octanol–water partition coefficient (Wildman–Crippen LogP) is 1.57. The Bertz CT molecular complexity index is 383. The number of nitrogens with zero attached hydrogens (tertiary/aromatic N) is 1. The minimum Gasteiger partial charge on any atom is -0.482 e. The fourth-order valence-electron chi connectivity index (χ4n) is 2.25. The van der Waals surface area contributed by atoms with Crippen LogP contribution in [0.1, 0.15) is 30.5 Å². The Morgan fingerprint density at radius 2 is 2.33 bits per heavy atom. The van der Waals surface area contributed by atoms with E-state index in [2.05, 4.69) is 0 Å². The van der Waals surface area contributed by atoms with Gasteiger partial charge in [0.05, 0.1) is 20.3 Å². The van der Waals surface area contributed by atoms with E-state index in [4.69, 9.17) is 14.2 Å². The molecule has 5 nitrogen and oxygen atoms in total. The molecule has 18 heavy (non-hydrogen) atoms. The van der Waals surface area contributed by atoms with Crippen LogP contribution in [0.4, 0.5) is 0 Å². The third-order valence-electron chi connectivity index (χ3n) is 3.27. The molecule has 5 heteroatoms. The summed E-state index contributed by atoms with van der Waals surface area (Å²) in [7, 11) is 3.50. The van der Waals surface area contributed by atoms with E-state index in [-0.39, 0.29) is 12.9 Å². The zero-order valence-corrected chi connectivity index (χ0v) is 11.0. The van der Waals surface area contributed by atoms with E-state index in [1.54, 1.807) is 7.11 Å². The molecule has 1 aliphatic heterocycles. The van der Waals surface area contributed by atoms with E-state index in [9.17, 15) is 5.11 Å². The van der Waals surface area contributed by atoms with E-state index >= 15 is 0 Å². The van der Waals surface area contributed by atoms with Crippen LogP contribution < -0.4 is 4.74 Å². The van der Waals surface area contributed by atoms with Crippen molar-refractivity contribution in [3.05, 3.63) is 17.3 Å². The first-order valence-electron chi connectivity index (χ1n) is 6.31. The molecule has 1 unspecified atom stereocenters. The zero-order chi connectivity index (χ0) is 13.0. The summed E-state index contributed by atoms with van der Waals surface area (Å²) in [4.78, 5) is 0. The summed E-state index contributed by atoms with van der Waals surface area (Å²) >= 11 is 0. The number of aliphatic hydroxyl groups is 1. The summed E-state index contributed by atoms with van der Waals surface area (Å²) < 4.78 is 18.4. The summed E-state index contributed by atoms with van der Waals surface area (Å²) in [5, 5.41) is 9.25. The minimum absolute atomic E-state index is 0.0308. The molecule has 1 aliphatic rings. The molecule has 0 aromatic carbocycles. The molecule has 0 bridgehead atoms. The molecule has 1 saturated heterocycles. The zero-order valence-electron chi connectivity index (χ0n) is 11.0. The monoisotopic (exact) mass is 255 g/mol. The normalized spacial score (nSPS) is 20.1. The van der Waals surface area contributed by atoms with Crippen molar-refractivity contribution in [2.45, 2.75) is 38.8 Å². The molecular formula is C13H21NO4. The number of hydrogen-bond donors (Lipinski definition) is 1. The summed E-state index contributed by atoms with van der Waals surface area (Å²) in [5.74, 6) is 0.681. The van der Waals surface area contributed by atoms with E-state index in [0.29, 0.717) is 12.5 Å². The van der Waals surface area contributed by atoms with Gasteiger partial charge in [0, 0.05) is 24.9 Å². The fraction of sp³-hybridized carbons (Fsp3) is 0.692. The summed E-state index contributed by atoms with van der Waals surface area (Å²) in [5.41, 5.74) is 1.76. The van der Waals surface area contributed by atoms with E-state index in [1.165, 1.54) is 0 Å². The number of ether oxygens (including phenoxy) is 3. The molecule has 1 aromatic heterocycles. The highest BCUT2D eigenvalue weighted by Crippen LogP contribution is 2.24. The first-order valence-corrected chi connectivity index (χ1v) is 6.31. The van der Waals surface area contributed by atoms with Crippen molar-refractivity contribution >= 4 is 0 Å². The highest BCUT2D eigenvalue weighted by molar-refractivity contribution is 5.32. The van der Waals surface area contributed by atoms with Gasteiger partial charge >= 0.3 is 0 Å². The van der Waals surface area contributed by atoms with Gasteiger partial charge < -0.3 is 23.9 Å². The van der Waals surface area contributed by atoms with E-state index in [0.717, 1.165) is 37.1 Å². The van der Waals surface area contributed by atoms with Gasteiger partial charge in [0.1, 0.15) is 0 Å². The van der Waals surface area contributed by atoms with Crippen molar-refractivity contribution in [1.82, 2.24) is 4.57 Å². The number of hydrogen-bond acceptors (Lipinski definition) is 4. The van der Waals surface area contributed by atoms with Crippen molar-refractivity contribution in [3.63, 3.8) is 0 Å². The van der Waals surface area contributed by atoms with Gasteiger partial charge in [0.15, 0.2) is 12.2 Å². The molecule has 0 amide bonds. The lowest BCUT2D eigenvalue weighted by molar-refractivity contribution is -0.169. The van der Waals surface area contributed by atoms with Crippen molar-refractivity contribution in [3.8, 4) is 5.88 Å². The van der Waals surface area contributed by atoms with Gasteiger partial charge in [-0.05, 0) is 25.3 Å². The molecule has 0 spiro atoms. The van der Waals surface area contributed by atoms with Crippen molar-refractivity contribution < 1.29 is 19.3 Å². The van der Waals surface area contributed by atoms with Gasteiger partial charge in [-0.2, -0.15) is 0 Å². The third kappa shape index (κ3) is 2.85. The fourth-order valence-corrected chi connectivity index (χ4v) is 2.25. The number of aromatic nitrogens is 1. The van der Waals surface area contributed by atoms with Crippen LogP contribution in [0.15, 0.2) is 6.07 Å². The maximum atomic E-state index is 9.25. The van der Waals surface area contributed by atoms with Crippen LogP contribution in [0.3, 0.4) is 0 Å². The molecule has 1 N–H and O–H groups in total. The molecule has 1 atom stereocenters. The van der Waals surface area contributed by atoms with Gasteiger partial charge in [-0.25, -0.2) is 0 Å². The number of methoxy groups -OCH3 is 1. The van der Waals surface area contributed by atoms with Crippen LogP contribution in [-0.4, -0.2) is 29.7 Å². The molecule has 1 fully saturated rings. The lowest BCUT2D eigenvalue weighted by atomic mass is 10.2. The molecule has 2 rings (SSSR count). The Morgan fingerprint density at radius 1 is 1.50 bits per heavy atom. The Labute approximate surface area is 107 Å². The average molecular weight is 255 g/mol. The van der Waals surface area contributed by atoms with Crippen molar-refractivity contribution in [1.29, 1.82) is 0 Å². The second kappa shape index (κ2) is 6.22. The Balaban J connectivity index is 1.98. The molecule has 2 heterocycles. The van der Waals surface area contributed by atoms with Crippen LogP contribution in [0, 0.1) is 0 Å². The quantitative estimate of drug-likeness (QED) is 0.867. The molecule has 0 radical (unpaired) electrons. The maximum absolute atomic E-state index is 9.25. The van der Waals surface area contributed by atoms with Crippen LogP contribution in [-0.2, 0) is 29.7 Å². The van der Waals surface area contributed by atoms with Gasteiger partial charge in [-0.15, -0.1) is 0 Å². The molecule has 102 valence electrons. The van der Waals surface area contributed by atoms with Gasteiger partial charge in [-0.1, -0.05) is 0 Å². The first kappa shape index (κ1) is 13.4. The maximum Gasteiger partial charge on any atom is 0.198 e. The SMILES string of the molecule is COc1c(CO)cc(COC2CCCCO2)n1C. The summed E-state index contributed by atoms with van der Waals surface area (Å²) in [6.07, 6.45) is 3.13. The molecule has 1 aromatic rings. The van der Waals surface area contributed by atoms with E-state index in [1.807, 2.05) is 17.7 Å². The highest BCUT2D eigenvalue weighted by Gasteiger charge is 2.17. The second-order valence-corrected chi connectivity index (χ2v) is 4.49. The second-order valence-electron chi connectivity index (χ2n) is 4.49. The lowest BCUT2D eigenvalue weighted by Gasteiger charge is -2.22. The molecular weight excluding hydrogens is 234 g/mol. The summed E-state index contributed by atoms with van der Waals surface area (Å²) in [6.45, 7) is 1.22. The standard InChI is InChI=1S/C13H21NO4/c1-14-11(7-10(8-15)13(14)16-2)9-18-12-5-3-4-6-17-12/h7,12,15H,3-6,8-9H2,1-2H3. The van der Waals surface area contributed by atoms with Crippen LogP contribution >= 0.6 is 0 Å². The first-order chi connectivity index (χ1) is 8.76. The average Bonchev–Trinajstić information content (AvgIpc) is 2.73. The van der Waals surface area contributed by atoms with Crippen LogP contribution in [0.5, 0.6) is 5.88 Å². The van der Waals surface area contributed by atoms with Gasteiger partial charge in [0.25, 0.3) is 0 Å². The van der Waals surface area contributed by atoms with Crippen LogP contribution in [0.2, 0.25) is 0 Å². The Hall–Kier alpha value is -1.04. The molecule has 0 saturated carbocycles. The lowest BCUT2D eigenvalue weighted by Crippen LogP contribution is -2.22. The summed E-state index contributed by atoms with van der Waals surface area (Å²) in [6, 6.07) is 1.90. The number of rotatable bonds is 5.